The maximum Gasteiger partial charge on any atom is 0.350 e. The Morgan fingerprint density at radius 1 is 1.22 bits per heavy atom. The van der Waals surface area contributed by atoms with E-state index >= 15 is 0 Å². The van der Waals surface area contributed by atoms with E-state index < -0.39 is 11.9 Å². The number of aliphatic imine (C=N–C) groups is 1. The number of methoxy groups -OCH3 is 1. The lowest BCUT2D eigenvalue weighted by Crippen LogP contribution is -2.48. The first-order valence-corrected chi connectivity index (χ1v) is 9.13. The second kappa shape index (κ2) is 8.28. The second-order valence-electron chi connectivity index (χ2n) is 6.89. The molecule has 0 bridgehead atoms. The Labute approximate surface area is 157 Å². The fourth-order valence-corrected chi connectivity index (χ4v) is 3.56. The third-order valence-electron chi connectivity index (χ3n) is 5.19. The first kappa shape index (κ1) is 19.0. The Bertz CT molecular complexity index is 732. The van der Waals surface area contributed by atoms with Crippen LogP contribution in [0.3, 0.4) is 0 Å². The van der Waals surface area contributed by atoms with Crippen LogP contribution in [0.5, 0.6) is 0 Å². The minimum Gasteiger partial charge on any atom is -0.469 e. The predicted octanol–water partition coefficient (Wildman–Crippen LogP) is 1.32. The van der Waals surface area contributed by atoms with Gasteiger partial charge in [0.25, 0.3) is 0 Å². The van der Waals surface area contributed by atoms with Crippen molar-refractivity contribution in [3.05, 3.63) is 24.3 Å². The van der Waals surface area contributed by atoms with E-state index in [-0.39, 0.29) is 36.7 Å². The van der Waals surface area contributed by atoms with Gasteiger partial charge < -0.3 is 9.64 Å². The molecule has 2 heterocycles. The van der Waals surface area contributed by atoms with Gasteiger partial charge in [-0.3, -0.25) is 19.3 Å². The van der Waals surface area contributed by atoms with E-state index in [1.165, 1.54) is 7.11 Å². The summed E-state index contributed by atoms with van der Waals surface area (Å²) in [5.74, 6) is -0.980. The predicted molar refractivity (Wildman–Crippen MR) is 96.9 cm³/mol. The number of piperidine rings is 1. The molecule has 1 fully saturated rings. The third-order valence-corrected chi connectivity index (χ3v) is 5.19. The zero-order valence-corrected chi connectivity index (χ0v) is 15.3. The van der Waals surface area contributed by atoms with E-state index in [1.807, 2.05) is 0 Å². The number of fused-ring (bicyclic) bond motifs is 1. The number of esters is 1. The summed E-state index contributed by atoms with van der Waals surface area (Å²) in [4.78, 5) is 55.1. The van der Waals surface area contributed by atoms with E-state index in [0.29, 0.717) is 25.2 Å². The van der Waals surface area contributed by atoms with Crippen LogP contribution in [0.2, 0.25) is 0 Å². The number of amides is 4. The Balaban J connectivity index is 1.50. The first-order valence-electron chi connectivity index (χ1n) is 9.13. The van der Waals surface area contributed by atoms with Crippen LogP contribution in [0.1, 0.15) is 25.7 Å². The summed E-state index contributed by atoms with van der Waals surface area (Å²) in [5.41, 5.74) is 0.447. The monoisotopic (exact) mass is 373 g/mol. The van der Waals surface area contributed by atoms with E-state index in [4.69, 9.17) is 0 Å². The Morgan fingerprint density at radius 3 is 2.67 bits per heavy atom. The third kappa shape index (κ3) is 4.32. The molecule has 0 radical (unpaired) electrons. The van der Waals surface area contributed by atoms with Gasteiger partial charge in [0, 0.05) is 32.5 Å². The van der Waals surface area contributed by atoms with Crippen molar-refractivity contribution >= 4 is 29.5 Å². The highest BCUT2D eigenvalue weighted by atomic mass is 16.5. The molecule has 0 aromatic carbocycles. The molecule has 3 rings (SSSR count). The van der Waals surface area contributed by atoms with Crippen molar-refractivity contribution in [2.24, 2.45) is 16.8 Å². The molecule has 1 atom stereocenters. The number of nitrogens with zero attached hydrogens (tertiary/aromatic N) is 3. The van der Waals surface area contributed by atoms with Gasteiger partial charge in [-0.15, -0.1) is 0 Å². The number of allylic oxidation sites excluding steroid dienone is 3. The Kier molecular flexibility index (Phi) is 5.83. The van der Waals surface area contributed by atoms with Gasteiger partial charge in [0.1, 0.15) is 0 Å². The van der Waals surface area contributed by atoms with Crippen LogP contribution in [0.4, 0.5) is 4.79 Å². The van der Waals surface area contributed by atoms with Gasteiger partial charge in [-0.2, -0.15) is 4.99 Å². The molecule has 3 aliphatic rings. The maximum atomic E-state index is 12.5. The molecular weight excluding hydrogens is 350 g/mol. The molecule has 144 valence electrons. The van der Waals surface area contributed by atoms with Crippen LogP contribution in [0.25, 0.3) is 0 Å². The minimum absolute atomic E-state index is 0.0312. The number of imide groups is 1. The maximum absolute atomic E-state index is 12.5. The lowest BCUT2D eigenvalue weighted by molar-refractivity contribution is -0.142. The van der Waals surface area contributed by atoms with Gasteiger partial charge in [-0.05, 0) is 24.8 Å². The van der Waals surface area contributed by atoms with Gasteiger partial charge in [-0.1, -0.05) is 18.2 Å². The number of hydrogen-bond donors (Lipinski definition) is 0. The molecule has 0 aromatic rings. The molecule has 8 nitrogen and oxygen atoms in total. The fraction of sp³-hybridized carbons (Fsp3) is 0.526. The van der Waals surface area contributed by atoms with Gasteiger partial charge in [-0.25, -0.2) is 4.79 Å². The van der Waals surface area contributed by atoms with Crippen LogP contribution in [0, 0.1) is 11.8 Å². The molecule has 2 aliphatic heterocycles. The smallest absolute Gasteiger partial charge is 0.350 e. The molecular formula is C19H23N3O5. The topological polar surface area (TPSA) is 96.3 Å². The van der Waals surface area contributed by atoms with Crippen molar-refractivity contribution in [1.82, 2.24) is 9.80 Å². The standard InChI is InChI=1S/C19H23N3O5/c1-27-17(24)12-13-6-9-21(10-7-13)16(23)8-11-22-18(25)14-4-2-3-5-15(14)20-19(22)26/h2-5,13-14H,6-12H2,1H3. The van der Waals surface area contributed by atoms with E-state index in [1.54, 1.807) is 29.2 Å². The Morgan fingerprint density at radius 2 is 1.96 bits per heavy atom. The summed E-state index contributed by atoms with van der Waals surface area (Å²) in [5, 5.41) is 0. The zero-order valence-electron chi connectivity index (χ0n) is 15.3. The highest BCUT2D eigenvalue weighted by molar-refractivity contribution is 6.21. The number of urea groups is 1. The van der Waals surface area contributed by atoms with E-state index in [0.717, 1.165) is 17.7 Å². The number of hydrogen-bond acceptors (Lipinski definition) is 5. The molecule has 0 spiro atoms. The minimum atomic E-state index is -0.615. The molecule has 1 saturated heterocycles. The average Bonchev–Trinajstić information content (AvgIpc) is 2.68. The van der Waals surface area contributed by atoms with Crippen molar-refractivity contribution in [2.75, 3.05) is 26.7 Å². The summed E-state index contributed by atoms with van der Waals surface area (Å²) in [6.45, 7) is 1.17. The van der Waals surface area contributed by atoms with Crippen LogP contribution in [-0.4, -0.2) is 66.1 Å². The van der Waals surface area contributed by atoms with Crippen LogP contribution in [0.15, 0.2) is 29.3 Å². The number of likely N-dealkylation sites (tertiary alicyclic amines) is 1. The molecule has 4 amide bonds. The Hall–Kier alpha value is -2.77. The molecule has 0 saturated carbocycles. The molecule has 27 heavy (non-hydrogen) atoms. The van der Waals surface area contributed by atoms with Gasteiger partial charge in [0.2, 0.25) is 11.8 Å². The van der Waals surface area contributed by atoms with Crippen LogP contribution >= 0.6 is 0 Å². The van der Waals surface area contributed by atoms with Gasteiger partial charge in [0.15, 0.2) is 0 Å². The summed E-state index contributed by atoms with van der Waals surface area (Å²) >= 11 is 0. The number of carbonyl (C=O) groups is 4. The van der Waals surface area contributed by atoms with Crippen molar-refractivity contribution in [3.63, 3.8) is 0 Å². The first-order chi connectivity index (χ1) is 13.0. The second-order valence-corrected chi connectivity index (χ2v) is 6.89. The summed E-state index contributed by atoms with van der Waals surface area (Å²) in [6, 6.07) is -0.615. The molecule has 1 unspecified atom stereocenters. The van der Waals surface area contributed by atoms with Crippen molar-refractivity contribution < 1.29 is 23.9 Å². The van der Waals surface area contributed by atoms with Gasteiger partial charge in [0.05, 0.1) is 18.7 Å². The molecule has 8 heteroatoms. The summed E-state index contributed by atoms with van der Waals surface area (Å²) in [6.07, 6.45) is 8.79. The molecule has 1 aliphatic carbocycles. The summed E-state index contributed by atoms with van der Waals surface area (Å²) < 4.78 is 4.68. The number of rotatable bonds is 5. The van der Waals surface area contributed by atoms with Gasteiger partial charge >= 0.3 is 12.0 Å². The van der Waals surface area contributed by atoms with Crippen LogP contribution in [-0.2, 0) is 19.1 Å². The van der Waals surface area contributed by atoms with Crippen LogP contribution < -0.4 is 0 Å². The lowest BCUT2D eigenvalue weighted by Gasteiger charge is -2.32. The van der Waals surface area contributed by atoms with E-state index in [2.05, 4.69) is 9.73 Å². The lowest BCUT2D eigenvalue weighted by atomic mass is 9.93. The fourth-order valence-electron chi connectivity index (χ4n) is 3.56. The molecule has 0 aromatic heterocycles. The summed E-state index contributed by atoms with van der Waals surface area (Å²) in [7, 11) is 1.37. The average molecular weight is 373 g/mol. The quantitative estimate of drug-likeness (QED) is 0.677. The number of ether oxygens (including phenoxy) is 1. The van der Waals surface area contributed by atoms with Crippen molar-refractivity contribution in [2.45, 2.75) is 25.7 Å². The normalized spacial score (nSPS) is 22.6. The molecule has 0 N–H and O–H groups in total. The van der Waals surface area contributed by atoms with E-state index in [9.17, 15) is 19.2 Å². The van der Waals surface area contributed by atoms with Crippen molar-refractivity contribution in [1.29, 1.82) is 0 Å². The zero-order chi connectivity index (χ0) is 19.4. The largest absolute Gasteiger partial charge is 0.469 e. The highest BCUT2D eigenvalue weighted by Gasteiger charge is 2.36. The van der Waals surface area contributed by atoms with Crippen molar-refractivity contribution in [3.8, 4) is 0 Å². The highest BCUT2D eigenvalue weighted by Crippen LogP contribution is 2.22. The SMILES string of the molecule is COC(=O)CC1CCN(C(=O)CCN2C(=O)N=C3C=CC=CC3C2=O)CC1. The number of carbonyl (C=O) groups excluding carboxylic acids is 4.